The molecule has 0 unspecified atom stereocenters. The quantitative estimate of drug-likeness (QED) is 0.788. The third-order valence-electron chi connectivity index (χ3n) is 2.67. The lowest BCUT2D eigenvalue weighted by atomic mass is 10.2. The molecule has 0 bridgehead atoms. The van der Waals surface area contributed by atoms with Gasteiger partial charge in [-0.1, -0.05) is 13.8 Å². The van der Waals surface area contributed by atoms with Crippen molar-refractivity contribution in [1.29, 1.82) is 0 Å². The molecule has 5 heteroatoms. The van der Waals surface area contributed by atoms with Gasteiger partial charge in [-0.3, -0.25) is 14.6 Å². The van der Waals surface area contributed by atoms with Gasteiger partial charge < -0.3 is 10.2 Å². The Hall–Kier alpha value is -1.91. The average Bonchev–Trinajstić information content (AvgIpc) is 2.45. The van der Waals surface area contributed by atoms with Gasteiger partial charge in [-0.15, -0.1) is 0 Å². The lowest BCUT2D eigenvalue weighted by Crippen LogP contribution is -2.43. The molecule has 1 rings (SSSR count). The minimum atomic E-state index is -0.543. The van der Waals surface area contributed by atoms with E-state index in [4.69, 9.17) is 0 Å². The summed E-state index contributed by atoms with van der Waals surface area (Å²) in [6, 6.07) is 3.61. The maximum absolute atomic E-state index is 11.9. The lowest BCUT2D eigenvalue weighted by molar-refractivity contribution is -0.146. The Morgan fingerprint density at radius 3 is 2.26 bits per heavy atom. The second kappa shape index (κ2) is 8.24. The lowest BCUT2D eigenvalue weighted by Gasteiger charge is -2.20. The van der Waals surface area contributed by atoms with Crippen molar-refractivity contribution in [1.82, 2.24) is 15.2 Å². The van der Waals surface area contributed by atoms with E-state index in [0.717, 1.165) is 18.4 Å². The van der Waals surface area contributed by atoms with Gasteiger partial charge in [0.05, 0.1) is 0 Å². The number of carbonyl (C=O) groups excluding carboxylic acids is 2. The van der Waals surface area contributed by atoms with Crippen molar-refractivity contribution in [3.63, 3.8) is 0 Å². The summed E-state index contributed by atoms with van der Waals surface area (Å²) in [5, 5.41) is 2.64. The van der Waals surface area contributed by atoms with Crippen molar-refractivity contribution in [2.75, 3.05) is 13.1 Å². The van der Waals surface area contributed by atoms with Gasteiger partial charge in [0.2, 0.25) is 0 Å². The predicted molar refractivity (Wildman–Crippen MR) is 73.2 cm³/mol. The predicted octanol–water partition coefficient (Wildman–Crippen LogP) is 1.35. The van der Waals surface area contributed by atoms with Crippen molar-refractivity contribution in [3.8, 4) is 0 Å². The minimum absolute atomic E-state index is 0.346. The SMILES string of the molecule is CCCN(CCC)C(=O)C(=O)NCc1ccncc1. The molecule has 1 aromatic heterocycles. The van der Waals surface area contributed by atoms with E-state index < -0.39 is 11.8 Å². The molecule has 0 aliphatic rings. The van der Waals surface area contributed by atoms with E-state index in [9.17, 15) is 9.59 Å². The Kier molecular flexibility index (Phi) is 6.57. The molecule has 5 nitrogen and oxygen atoms in total. The first-order valence-electron chi connectivity index (χ1n) is 6.65. The van der Waals surface area contributed by atoms with Gasteiger partial charge >= 0.3 is 11.8 Å². The molecule has 1 heterocycles. The van der Waals surface area contributed by atoms with Crippen molar-refractivity contribution < 1.29 is 9.59 Å². The number of amides is 2. The Balaban J connectivity index is 2.49. The Bertz CT molecular complexity index is 400. The zero-order valence-corrected chi connectivity index (χ0v) is 11.6. The van der Waals surface area contributed by atoms with Crippen LogP contribution in [0, 0.1) is 0 Å². The summed E-state index contributed by atoms with van der Waals surface area (Å²) in [5.41, 5.74) is 0.925. The van der Waals surface area contributed by atoms with Crippen LogP contribution in [0.4, 0.5) is 0 Å². The molecule has 1 aromatic rings. The first-order valence-corrected chi connectivity index (χ1v) is 6.65. The van der Waals surface area contributed by atoms with Gasteiger partial charge in [-0.05, 0) is 30.5 Å². The number of aromatic nitrogens is 1. The topological polar surface area (TPSA) is 62.3 Å². The normalized spacial score (nSPS) is 10.0. The third-order valence-corrected chi connectivity index (χ3v) is 2.67. The molecule has 0 saturated carbocycles. The molecule has 19 heavy (non-hydrogen) atoms. The van der Waals surface area contributed by atoms with Crippen LogP contribution in [0.25, 0.3) is 0 Å². The molecule has 0 aliphatic heterocycles. The molecule has 0 radical (unpaired) electrons. The minimum Gasteiger partial charge on any atom is -0.344 e. The summed E-state index contributed by atoms with van der Waals surface area (Å²) >= 11 is 0. The van der Waals surface area contributed by atoms with E-state index in [1.807, 2.05) is 13.8 Å². The van der Waals surface area contributed by atoms with Crippen LogP contribution in [0.5, 0.6) is 0 Å². The Labute approximate surface area is 114 Å². The fourth-order valence-corrected chi connectivity index (χ4v) is 1.76. The van der Waals surface area contributed by atoms with E-state index >= 15 is 0 Å². The molecular formula is C14H21N3O2. The number of carbonyl (C=O) groups is 2. The highest BCUT2D eigenvalue weighted by atomic mass is 16.2. The van der Waals surface area contributed by atoms with Crippen LogP contribution in [0.3, 0.4) is 0 Å². The van der Waals surface area contributed by atoms with Gasteiger partial charge in [0.1, 0.15) is 0 Å². The van der Waals surface area contributed by atoms with E-state index in [2.05, 4.69) is 10.3 Å². The first-order chi connectivity index (χ1) is 9.19. The summed E-state index contributed by atoms with van der Waals surface area (Å²) < 4.78 is 0. The number of hydrogen-bond acceptors (Lipinski definition) is 3. The van der Waals surface area contributed by atoms with E-state index in [0.29, 0.717) is 19.6 Å². The van der Waals surface area contributed by atoms with Gasteiger partial charge in [0, 0.05) is 32.0 Å². The van der Waals surface area contributed by atoms with Gasteiger partial charge in [0.25, 0.3) is 0 Å². The molecule has 0 aliphatic carbocycles. The second-order valence-electron chi connectivity index (χ2n) is 4.33. The van der Waals surface area contributed by atoms with Crippen LogP contribution in [-0.4, -0.2) is 34.8 Å². The van der Waals surface area contributed by atoms with E-state index in [1.165, 1.54) is 0 Å². The van der Waals surface area contributed by atoms with Crippen molar-refractivity contribution >= 4 is 11.8 Å². The largest absolute Gasteiger partial charge is 0.344 e. The molecular weight excluding hydrogens is 242 g/mol. The molecule has 0 spiro atoms. The van der Waals surface area contributed by atoms with Crippen LogP contribution in [-0.2, 0) is 16.1 Å². The fraction of sp³-hybridized carbons (Fsp3) is 0.500. The highest BCUT2D eigenvalue weighted by molar-refractivity contribution is 6.34. The van der Waals surface area contributed by atoms with Crippen LogP contribution in [0.1, 0.15) is 32.3 Å². The van der Waals surface area contributed by atoms with E-state index in [1.54, 1.807) is 29.4 Å². The molecule has 1 N–H and O–H groups in total. The second-order valence-corrected chi connectivity index (χ2v) is 4.33. The zero-order chi connectivity index (χ0) is 14.1. The maximum atomic E-state index is 11.9. The van der Waals surface area contributed by atoms with Crippen LogP contribution in [0.15, 0.2) is 24.5 Å². The van der Waals surface area contributed by atoms with Gasteiger partial charge in [0.15, 0.2) is 0 Å². The smallest absolute Gasteiger partial charge is 0.311 e. The van der Waals surface area contributed by atoms with Crippen LogP contribution < -0.4 is 5.32 Å². The molecule has 2 amide bonds. The molecule has 0 aromatic carbocycles. The summed E-state index contributed by atoms with van der Waals surface area (Å²) in [6.07, 6.45) is 5.01. The fourth-order valence-electron chi connectivity index (χ4n) is 1.76. The highest BCUT2D eigenvalue weighted by Gasteiger charge is 2.19. The van der Waals surface area contributed by atoms with Gasteiger partial charge in [-0.2, -0.15) is 0 Å². The standard InChI is InChI=1S/C14H21N3O2/c1-3-9-17(10-4-2)14(19)13(18)16-11-12-5-7-15-8-6-12/h5-8H,3-4,9-11H2,1-2H3,(H,16,18). The number of nitrogens with one attached hydrogen (secondary N) is 1. The maximum Gasteiger partial charge on any atom is 0.311 e. The van der Waals surface area contributed by atoms with Gasteiger partial charge in [-0.25, -0.2) is 0 Å². The summed E-state index contributed by atoms with van der Waals surface area (Å²) in [6.45, 7) is 5.57. The number of hydrogen-bond donors (Lipinski definition) is 1. The average molecular weight is 263 g/mol. The third kappa shape index (κ3) is 5.07. The summed E-state index contributed by atoms with van der Waals surface area (Å²) in [7, 11) is 0. The number of pyridine rings is 1. The van der Waals surface area contributed by atoms with Crippen LogP contribution >= 0.6 is 0 Å². The molecule has 104 valence electrons. The summed E-state index contributed by atoms with van der Waals surface area (Å²) in [4.78, 5) is 29.2. The van der Waals surface area contributed by atoms with E-state index in [-0.39, 0.29) is 0 Å². The Morgan fingerprint density at radius 2 is 1.74 bits per heavy atom. The summed E-state index contributed by atoms with van der Waals surface area (Å²) in [5.74, 6) is -0.989. The van der Waals surface area contributed by atoms with Crippen molar-refractivity contribution in [2.24, 2.45) is 0 Å². The van der Waals surface area contributed by atoms with Crippen molar-refractivity contribution in [3.05, 3.63) is 30.1 Å². The highest BCUT2D eigenvalue weighted by Crippen LogP contribution is 1.98. The molecule has 0 saturated heterocycles. The van der Waals surface area contributed by atoms with Crippen molar-refractivity contribution in [2.45, 2.75) is 33.2 Å². The first kappa shape index (κ1) is 15.1. The molecule has 0 fully saturated rings. The monoisotopic (exact) mass is 263 g/mol. The number of nitrogens with zero attached hydrogens (tertiary/aromatic N) is 2. The molecule has 0 atom stereocenters. The van der Waals surface area contributed by atoms with Crippen LogP contribution in [0.2, 0.25) is 0 Å². The number of rotatable bonds is 6. The Morgan fingerprint density at radius 1 is 1.16 bits per heavy atom. The zero-order valence-electron chi connectivity index (χ0n) is 11.6.